The fourth-order valence-corrected chi connectivity index (χ4v) is 1.63. The van der Waals surface area contributed by atoms with Crippen LogP contribution >= 0.6 is 0 Å². The van der Waals surface area contributed by atoms with Crippen molar-refractivity contribution in [1.82, 2.24) is 9.78 Å². The third-order valence-electron chi connectivity index (χ3n) is 2.67. The first kappa shape index (κ1) is 12.6. The van der Waals surface area contributed by atoms with Gasteiger partial charge in [0.1, 0.15) is 0 Å². The molecule has 3 nitrogen and oxygen atoms in total. The minimum absolute atomic E-state index is 0.334. The molecule has 2 rings (SSSR count). The largest absolute Gasteiger partial charge is 0.419 e. The van der Waals surface area contributed by atoms with Gasteiger partial charge in [0.25, 0.3) is 0 Å². The van der Waals surface area contributed by atoms with E-state index in [2.05, 4.69) is 5.10 Å². The van der Waals surface area contributed by atoms with E-state index in [0.717, 1.165) is 23.5 Å². The summed E-state index contributed by atoms with van der Waals surface area (Å²) in [7, 11) is 0. The van der Waals surface area contributed by atoms with Gasteiger partial charge < -0.3 is 5.73 Å². The number of nitrogens with two attached hydrogens (primary N) is 1. The van der Waals surface area contributed by atoms with Crippen molar-refractivity contribution in [2.75, 3.05) is 0 Å². The third kappa shape index (κ3) is 2.38. The summed E-state index contributed by atoms with van der Waals surface area (Å²) in [5.74, 6) is 0. The normalized spacial score (nSPS) is 11.8. The monoisotopic (exact) mass is 255 g/mol. The smallest absolute Gasteiger partial charge is 0.326 e. The summed E-state index contributed by atoms with van der Waals surface area (Å²) in [6.45, 7) is 2.14. The summed E-state index contributed by atoms with van der Waals surface area (Å²) in [4.78, 5) is 0. The predicted molar refractivity (Wildman–Crippen MR) is 61.2 cm³/mol. The highest BCUT2D eigenvalue weighted by atomic mass is 19.4. The average Bonchev–Trinajstić information content (AvgIpc) is 2.78. The highest BCUT2D eigenvalue weighted by molar-refractivity contribution is 5.43. The minimum Gasteiger partial charge on any atom is -0.326 e. The Labute approximate surface area is 102 Å². The lowest BCUT2D eigenvalue weighted by atomic mass is 10.1. The number of alkyl halides is 3. The Morgan fingerprint density at radius 2 is 2.06 bits per heavy atom. The fourth-order valence-electron chi connectivity index (χ4n) is 1.63. The number of rotatable bonds is 2. The minimum atomic E-state index is -4.38. The molecule has 0 saturated carbocycles. The van der Waals surface area contributed by atoms with Crippen molar-refractivity contribution in [3.8, 4) is 5.69 Å². The maximum Gasteiger partial charge on any atom is 0.419 e. The molecule has 0 amide bonds. The van der Waals surface area contributed by atoms with Crippen molar-refractivity contribution in [3.63, 3.8) is 0 Å². The number of aryl methyl sites for hydroxylation is 1. The molecule has 96 valence electrons. The van der Waals surface area contributed by atoms with E-state index in [0.29, 0.717) is 12.2 Å². The van der Waals surface area contributed by atoms with Crippen LogP contribution in [0.15, 0.2) is 30.6 Å². The van der Waals surface area contributed by atoms with Crippen LogP contribution in [-0.4, -0.2) is 9.78 Å². The van der Waals surface area contributed by atoms with Gasteiger partial charge in [-0.05, 0) is 24.1 Å². The lowest BCUT2D eigenvalue weighted by molar-refractivity contribution is -0.137. The first-order valence-corrected chi connectivity index (χ1v) is 5.33. The van der Waals surface area contributed by atoms with Gasteiger partial charge in [-0.25, -0.2) is 4.68 Å². The SMILES string of the molecule is Cc1ccc(CN)cc1-n1cc(C(F)(F)F)cn1. The van der Waals surface area contributed by atoms with Crippen molar-refractivity contribution in [2.24, 2.45) is 5.73 Å². The van der Waals surface area contributed by atoms with Gasteiger partial charge in [-0.15, -0.1) is 0 Å². The highest BCUT2D eigenvalue weighted by Gasteiger charge is 2.32. The van der Waals surface area contributed by atoms with Crippen LogP contribution in [-0.2, 0) is 12.7 Å². The maximum atomic E-state index is 12.5. The van der Waals surface area contributed by atoms with Crippen molar-refractivity contribution in [2.45, 2.75) is 19.6 Å². The molecule has 0 saturated heterocycles. The van der Waals surface area contributed by atoms with Gasteiger partial charge >= 0.3 is 6.18 Å². The zero-order valence-corrected chi connectivity index (χ0v) is 9.70. The second kappa shape index (κ2) is 4.45. The molecule has 2 N–H and O–H groups in total. The first-order valence-electron chi connectivity index (χ1n) is 5.33. The zero-order valence-electron chi connectivity index (χ0n) is 9.70. The molecule has 0 radical (unpaired) electrons. The zero-order chi connectivity index (χ0) is 13.3. The van der Waals surface area contributed by atoms with Crippen LogP contribution in [0.4, 0.5) is 13.2 Å². The maximum absolute atomic E-state index is 12.5. The van der Waals surface area contributed by atoms with Crippen LogP contribution in [0, 0.1) is 6.92 Å². The van der Waals surface area contributed by atoms with E-state index in [1.54, 1.807) is 6.07 Å². The summed E-state index contributed by atoms with van der Waals surface area (Å²) < 4.78 is 38.7. The number of halogens is 3. The molecule has 1 aromatic heterocycles. The Kier molecular flexibility index (Phi) is 3.13. The molecular weight excluding hydrogens is 243 g/mol. The Balaban J connectivity index is 2.45. The van der Waals surface area contributed by atoms with E-state index in [9.17, 15) is 13.2 Å². The molecule has 0 atom stereocenters. The van der Waals surface area contributed by atoms with Crippen molar-refractivity contribution < 1.29 is 13.2 Å². The Hall–Kier alpha value is -1.82. The Morgan fingerprint density at radius 3 is 2.61 bits per heavy atom. The Morgan fingerprint density at radius 1 is 1.33 bits per heavy atom. The highest BCUT2D eigenvalue weighted by Crippen LogP contribution is 2.29. The van der Waals surface area contributed by atoms with E-state index in [1.165, 1.54) is 4.68 Å². The number of benzene rings is 1. The molecular formula is C12H12F3N3. The standard InChI is InChI=1S/C12H12F3N3/c1-8-2-3-9(5-16)4-11(8)18-7-10(6-17-18)12(13,14)15/h2-4,6-7H,5,16H2,1H3. The van der Waals surface area contributed by atoms with Crippen LogP contribution in [0.5, 0.6) is 0 Å². The predicted octanol–water partition coefficient (Wildman–Crippen LogP) is 2.66. The lowest BCUT2D eigenvalue weighted by Crippen LogP contribution is -2.04. The molecule has 1 heterocycles. The van der Waals surface area contributed by atoms with E-state index in [1.807, 2.05) is 19.1 Å². The molecule has 2 aromatic rings. The fraction of sp³-hybridized carbons (Fsp3) is 0.250. The average molecular weight is 255 g/mol. The second-order valence-corrected chi connectivity index (χ2v) is 4.00. The quantitative estimate of drug-likeness (QED) is 0.896. The van der Waals surface area contributed by atoms with Crippen molar-refractivity contribution in [3.05, 3.63) is 47.3 Å². The molecule has 0 spiro atoms. The Bertz CT molecular complexity index is 558. The van der Waals surface area contributed by atoms with Gasteiger partial charge in [-0.3, -0.25) is 0 Å². The number of hydrogen-bond donors (Lipinski definition) is 1. The van der Waals surface area contributed by atoms with Gasteiger partial charge in [-0.2, -0.15) is 18.3 Å². The topological polar surface area (TPSA) is 43.8 Å². The van der Waals surface area contributed by atoms with Crippen molar-refractivity contribution >= 4 is 0 Å². The summed E-state index contributed by atoms with van der Waals surface area (Å²) in [6.07, 6.45) is -2.59. The molecule has 6 heteroatoms. The van der Waals surface area contributed by atoms with Gasteiger partial charge in [0.15, 0.2) is 0 Å². The molecule has 0 fully saturated rings. The van der Waals surface area contributed by atoms with Crippen LogP contribution < -0.4 is 5.73 Å². The summed E-state index contributed by atoms with van der Waals surface area (Å²) in [5, 5.41) is 3.74. The second-order valence-electron chi connectivity index (χ2n) is 4.00. The van der Waals surface area contributed by atoms with Crippen LogP contribution in [0.1, 0.15) is 16.7 Å². The van der Waals surface area contributed by atoms with Crippen LogP contribution in [0.25, 0.3) is 5.69 Å². The van der Waals surface area contributed by atoms with Gasteiger partial charge in [0.05, 0.1) is 17.4 Å². The molecule has 0 unspecified atom stereocenters. The third-order valence-corrected chi connectivity index (χ3v) is 2.67. The molecule has 1 aromatic carbocycles. The van der Waals surface area contributed by atoms with Gasteiger partial charge in [0, 0.05) is 12.7 Å². The van der Waals surface area contributed by atoms with Gasteiger partial charge in [-0.1, -0.05) is 12.1 Å². The molecule has 0 aliphatic heterocycles. The van der Waals surface area contributed by atoms with E-state index in [-0.39, 0.29) is 0 Å². The van der Waals surface area contributed by atoms with Crippen LogP contribution in [0.2, 0.25) is 0 Å². The molecule has 0 bridgehead atoms. The number of nitrogens with zero attached hydrogens (tertiary/aromatic N) is 2. The van der Waals surface area contributed by atoms with Crippen LogP contribution in [0.3, 0.4) is 0 Å². The van der Waals surface area contributed by atoms with Gasteiger partial charge in [0.2, 0.25) is 0 Å². The van der Waals surface area contributed by atoms with Crippen molar-refractivity contribution in [1.29, 1.82) is 0 Å². The number of aromatic nitrogens is 2. The molecule has 0 aliphatic carbocycles. The first-order chi connectivity index (χ1) is 8.41. The van der Waals surface area contributed by atoms with E-state index in [4.69, 9.17) is 5.73 Å². The molecule has 18 heavy (non-hydrogen) atoms. The molecule has 0 aliphatic rings. The lowest BCUT2D eigenvalue weighted by Gasteiger charge is -2.08. The van der Waals surface area contributed by atoms with E-state index >= 15 is 0 Å². The summed E-state index contributed by atoms with van der Waals surface area (Å²) in [5.41, 5.74) is 7.04. The van der Waals surface area contributed by atoms with E-state index < -0.39 is 11.7 Å². The summed E-state index contributed by atoms with van der Waals surface area (Å²) >= 11 is 0. The summed E-state index contributed by atoms with van der Waals surface area (Å²) in [6, 6.07) is 5.39. The number of hydrogen-bond acceptors (Lipinski definition) is 2.